The number of anilines is 2. The second-order valence-corrected chi connectivity index (χ2v) is 3.20. The average Bonchev–Trinajstić information content (AvgIpc) is 2.23. The van der Waals surface area contributed by atoms with Gasteiger partial charge < -0.3 is 11.5 Å². The lowest BCUT2D eigenvalue weighted by Gasteiger charge is -2.07. The summed E-state index contributed by atoms with van der Waals surface area (Å²) in [5.74, 6) is -0.359. The van der Waals surface area contributed by atoms with Gasteiger partial charge in [0.15, 0.2) is 0 Å². The Kier molecular flexibility index (Phi) is 2.25. The first-order valence-corrected chi connectivity index (χ1v) is 4.43. The summed E-state index contributed by atoms with van der Waals surface area (Å²) in [6.45, 7) is 0. The number of nitrogen functional groups attached to an aromatic ring is 2. The Morgan fingerprint density at radius 2 is 1.87 bits per heavy atom. The van der Waals surface area contributed by atoms with E-state index < -0.39 is 0 Å². The minimum atomic E-state index is -0.359. The van der Waals surface area contributed by atoms with Crippen molar-refractivity contribution in [1.82, 2.24) is 4.98 Å². The van der Waals surface area contributed by atoms with Crippen molar-refractivity contribution in [2.75, 3.05) is 11.5 Å². The third kappa shape index (κ3) is 1.74. The maximum Gasteiger partial charge on any atom is 0.134 e. The van der Waals surface area contributed by atoms with Gasteiger partial charge in [-0.25, -0.2) is 4.39 Å². The van der Waals surface area contributed by atoms with Crippen LogP contribution < -0.4 is 11.5 Å². The van der Waals surface area contributed by atoms with Gasteiger partial charge in [-0.3, -0.25) is 4.98 Å². The largest absolute Gasteiger partial charge is 0.399 e. The first-order chi connectivity index (χ1) is 7.18. The summed E-state index contributed by atoms with van der Waals surface area (Å²) in [6.07, 6.45) is 2.82. The van der Waals surface area contributed by atoms with Crippen LogP contribution in [-0.2, 0) is 0 Å². The van der Waals surface area contributed by atoms with E-state index in [1.54, 1.807) is 18.2 Å². The van der Waals surface area contributed by atoms with Crippen molar-refractivity contribution in [2.45, 2.75) is 0 Å². The lowest BCUT2D eigenvalue weighted by Crippen LogP contribution is -1.95. The molecule has 0 spiro atoms. The molecule has 0 atom stereocenters. The van der Waals surface area contributed by atoms with Gasteiger partial charge in [0.25, 0.3) is 0 Å². The number of halogens is 1. The Labute approximate surface area is 86.6 Å². The maximum absolute atomic E-state index is 13.5. The second-order valence-electron chi connectivity index (χ2n) is 3.20. The highest BCUT2D eigenvalue weighted by atomic mass is 19.1. The first kappa shape index (κ1) is 9.45. The van der Waals surface area contributed by atoms with E-state index in [1.807, 2.05) is 0 Å². The highest BCUT2D eigenvalue weighted by Gasteiger charge is 2.08. The van der Waals surface area contributed by atoms with Crippen LogP contribution in [0, 0.1) is 5.82 Å². The van der Waals surface area contributed by atoms with Crippen LogP contribution in [0.25, 0.3) is 11.1 Å². The van der Waals surface area contributed by atoms with Gasteiger partial charge in [0.1, 0.15) is 5.82 Å². The van der Waals surface area contributed by atoms with Gasteiger partial charge >= 0.3 is 0 Å². The van der Waals surface area contributed by atoms with Crippen molar-refractivity contribution in [3.05, 3.63) is 42.5 Å². The van der Waals surface area contributed by atoms with Crippen molar-refractivity contribution in [3.63, 3.8) is 0 Å². The van der Waals surface area contributed by atoms with Gasteiger partial charge in [-0.2, -0.15) is 0 Å². The molecule has 2 aromatic rings. The number of benzene rings is 1. The molecule has 76 valence electrons. The summed E-state index contributed by atoms with van der Waals surface area (Å²) in [7, 11) is 0. The normalized spacial score (nSPS) is 10.2. The van der Waals surface area contributed by atoms with Crippen LogP contribution in [0.15, 0.2) is 36.7 Å². The van der Waals surface area contributed by atoms with Crippen molar-refractivity contribution in [1.29, 1.82) is 0 Å². The van der Waals surface area contributed by atoms with E-state index in [9.17, 15) is 4.39 Å². The summed E-state index contributed by atoms with van der Waals surface area (Å²) in [6, 6.07) is 6.25. The third-order valence-corrected chi connectivity index (χ3v) is 2.14. The van der Waals surface area contributed by atoms with Crippen LogP contribution in [0.5, 0.6) is 0 Å². The monoisotopic (exact) mass is 203 g/mol. The fourth-order valence-corrected chi connectivity index (χ4v) is 1.38. The van der Waals surface area contributed by atoms with Crippen LogP contribution in [0.3, 0.4) is 0 Å². The number of hydrogen-bond donors (Lipinski definition) is 2. The molecule has 1 aromatic heterocycles. The van der Waals surface area contributed by atoms with E-state index >= 15 is 0 Å². The lowest BCUT2D eigenvalue weighted by atomic mass is 10.0. The minimum absolute atomic E-state index is 0.359. The van der Waals surface area contributed by atoms with E-state index in [-0.39, 0.29) is 5.82 Å². The zero-order chi connectivity index (χ0) is 10.8. The molecule has 0 bridgehead atoms. The van der Waals surface area contributed by atoms with Gasteiger partial charge in [-0.15, -0.1) is 0 Å². The lowest BCUT2D eigenvalue weighted by molar-refractivity contribution is 0.629. The zero-order valence-corrected chi connectivity index (χ0v) is 7.94. The molecule has 0 fully saturated rings. The number of hydrogen-bond acceptors (Lipinski definition) is 3. The Bertz CT molecular complexity index is 497. The summed E-state index contributed by atoms with van der Waals surface area (Å²) >= 11 is 0. The first-order valence-electron chi connectivity index (χ1n) is 4.43. The number of nitrogens with two attached hydrogens (primary N) is 2. The average molecular weight is 203 g/mol. The molecule has 3 nitrogen and oxygen atoms in total. The van der Waals surface area contributed by atoms with E-state index in [1.165, 1.54) is 18.5 Å². The quantitative estimate of drug-likeness (QED) is 0.697. The third-order valence-electron chi connectivity index (χ3n) is 2.14. The van der Waals surface area contributed by atoms with Crippen LogP contribution in [0.2, 0.25) is 0 Å². The fraction of sp³-hybridized carbons (Fsp3) is 0. The molecule has 2 rings (SSSR count). The smallest absolute Gasteiger partial charge is 0.134 e. The molecule has 4 N–H and O–H groups in total. The molecule has 0 radical (unpaired) electrons. The highest BCUT2D eigenvalue weighted by Crippen LogP contribution is 2.28. The van der Waals surface area contributed by atoms with Crippen molar-refractivity contribution in [3.8, 4) is 11.1 Å². The van der Waals surface area contributed by atoms with E-state index in [0.29, 0.717) is 22.5 Å². The van der Waals surface area contributed by atoms with E-state index in [2.05, 4.69) is 4.98 Å². The highest BCUT2D eigenvalue weighted by molar-refractivity contribution is 5.78. The van der Waals surface area contributed by atoms with Gasteiger partial charge in [-0.1, -0.05) is 0 Å². The molecule has 15 heavy (non-hydrogen) atoms. The predicted octanol–water partition coefficient (Wildman–Crippen LogP) is 2.05. The van der Waals surface area contributed by atoms with Crippen molar-refractivity contribution < 1.29 is 4.39 Å². The fourth-order valence-electron chi connectivity index (χ4n) is 1.38. The van der Waals surface area contributed by atoms with Crippen molar-refractivity contribution in [2.24, 2.45) is 0 Å². The maximum atomic E-state index is 13.5. The van der Waals surface area contributed by atoms with Gasteiger partial charge in [0.2, 0.25) is 0 Å². The Balaban J connectivity index is 2.64. The molecule has 1 aromatic carbocycles. The molecular formula is C11H10FN3. The van der Waals surface area contributed by atoms with Crippen LogP contribution in [0.1, 0.15) is 0 Å². The molecule has 0 aliphatic rings. The number of pyridine rings is 1. The Morgan fingerprint density at radius 3 is 2.60 bits per heavy atom. The molecule has 1 heterocycles. The second kappa shape index (κ2) is 3.57. The van der Waals surface area contributed by atoms with Crippen LogP contribution >= 0.6 is 0 Å². The van der Waals surface area contributed by atoms with Crippen molar-refractivity contribution >= 4 is 11.4 Å². The topological polar surface area (TPSA) is 64.9 Å². The number of aromatic nitrogens is 1. The molecule has 4 heteroatoms. The summed E-state index contributed by atoms with van der Waals surface area (Å²) in [5.41, 5.74) is 13.3. The van der Waals surface area contributed by atoms with E-state index in [0.717, 1.165) is 0 Å². The Morgan fingerprint density at radius 1 is 1.07 bits per heavy atom. The standard InChI is InChI=1S/C11H10FN3/c12-10-3-4-15-6-9(10)8-5-7(13)1-2-11(8)14/h1-6H,13-14H2. The molecule has 0 saturated carbocycles. The number of rotatable bonds is 1. The molecular weight excluding hydrogens is 193 g/mol. The molecule has 0 aliphatic heterocycles. The minimum Gasteiger partial charge on any atom is -0.399 e. The molecule has 0 saturated heterocycles. The van der Waals surface area contributed by atoms with Gasteiger partial charge in [0.05, 0.1) is 0 Å². The molecule has 0 amide bonds. The predicted molar refractivity (Wildman–Crippen MR) is 58.5 cm³/mol. The molecule has 0 aliphatic carbocycles. The van der Waals surface area contributed by atoms with Crippen LogP contribution in [0.4, 0.5) is 15.8 Å². The van der Waals surface area contributed by atoms with Gasteiger partial charge in [-0.05, 0) is 24.3 Å². The SMILES string of the molecule is Nc1ccc(N)c(-c2cnccc2F)c1. The zero-order valence-electron chi connectivity index (χ0n) is 7.94. The van der Waals surface area contributed by atoms with Crippen LogP contribution in [-0.4, -0.2) is 4.98 Å². The van der Waals surface area contributed by atoms with Gasteiger partial charge in [0, 0.05) is 34.9 Å². The summed E-state index contributed by atoms with van der Waals surface area (Å²) < 4.78 is 13.5. The van der Waals surface area contributed by atoms with E-state index in [4.69, 9.17) is 11.5 Å². The summed E-state index contributed by atoms with van der Waals surface area (Å²) in [4.78, 5) is 3.86. The molecule has 0 unspecified atom stereocenters. The Hall–Kier alpha value is -2.10. The summed E-state index contributed by atoms with van der Waals surface area (Å²) in [5, 5.41) is 0. The number of nitrogens with zero attached hydrogens (tertiary/aromatic N) is 1.